The number of ether oxygens (including phenoxy) is 1. The van der Waals surface area contributed by atoms with Crippen molar-refractivity contribution in [2.45, 2.75) is 32.2 Å². The molecule has 1 aliphatic rings. The number of nitrogens with one attached hydrogen (secondary N) is 1. The van der Waals surface area contributed by atoms with E-state index in [2.05, 4.69) is 32.8 Å². The molecule has 3 aromatic rings. The summed E-state index contributed by atoms with van der Waals surface area (Å²) in [6.45, 7) is 4.98. The summed E-state index contributed by atoms with van der Waals surface area (Å²) in [6.07, 6.45) is 4.94. The van der Waals surface area contributed by atoms with Crippen LogP contribution in [-0.2, 0) is 6.54 Å². The van der Waals surface area contributed by atoms with Gasteiger partial charge in [0, 0.05) is 24.2 Å². The van der Waals surface area contributed by atoms with Crippen molar-refractivity contribution in [3.63, 3.8) is 0 Å². The van der Waals surface area contributed by atoms with Gasteiger partial charge in [0.2, 0.25) is 0 Å². The van der Waals surface area contributed by atoms with E-state index in [1.165, 1.54) is 49.4 Å². The second kappa shape index (κ2) is 9.26. The van der Waals surface area contributed by atoms with Gasteiger partial charge in [0.05, 0.1) is 11.3 Å². The van der Waals surface area contributed by atoms with Crippen molar-refractivity contribution in [3.05, 3.63) is 48.0 Å². The fourth-order valence-corrected chi connectivity index (χ4v) is 4.46. The van der Waals surface area contributed by atoms with Crippen molar-refractivity contribution in [2.75, 3.05) is 37.3 Å². The van der Waals surface area contributed by atoms with E-state index in [9.17, 15) is 0 Å². The zero-order valence-corrected chi connectivity index (χ0v) is 17.0. The molecule has 1 saturated heterocycles. The summed E-state index contributed by atoms with van der Waals surface area (Å²) in [6, 6.07) is 14.4. The molecule has 0 radical (unpaired) electrons. The number of anilines is 2. The highest BCUT2D eigenvalue weighted by Gasteiger charge is 2.10. The number of nitrogens with two attached hydrogens (primary N) is 1. The fourth-order valence-electron chi connectivity index (χ4n) is 3.66. The Hall–Kier alpha value is -2.31. The summed E-state index contributed by atoms with van der Waals surface area (Å²) in [5.41, 5.74) is 7.95. The van der Waals surface area contributed by atoms with Gasteiger partial charge in [-0.1, -0.05) is 18.6 Å². The molecule has 5 nitrogen and oxygen atoms in total. The first-order valence-electron chi connectivity index (χ1n) is 10.1. The Balaban J connectivity index is 1.22. The highest BCUT2D eigenvalue weighted by molar-refractivity contribution is 7.13. The Morgan fingerprint density at radius 2 is 2.00 bits per heavy atom. The Bertz CT molecular complexity index is 904. The molecule has 1 fully saturated rings. The lowest BCUT2D eigenvalue weighted by molar-refractivity contribution is 0.220. The third-order valence-corrected chi connectivity index (χ3v) is 5.94. The van der Waals surface area contributed by atoms with Gasteiger partial charge in [-0.25, -0.2) is 0 Å². The van der Waals surface area contributed by atoms with E-state index in [0.29, 0.717) is 6.61 Å². The number of aromatic nitrogens is 1. The van der Waals surface area contributed by atoms with Gasteiger partial charge in [0.25, 0.3) is 0 Å². The molecule has 0 amide bonds. The van der Waals surface area contributed by atoms with E-state index in [4.69, 9.17) is 10.5 Å². The predicted molar refractivity (Wildman–Crippen MR) is 118 cm³/mol. The van der Waals surface area contributed by atoms with Crippen molar-refractivity contribution < 1.29 is 4.74 Å². The minimum atomic E-state index is 0.690. The highest BCUT2D eigenvalue weighted by Crippen LogP contribution is 2.28. The molecule has 0 unspecified atom stereocenters. The van der Waals surface area contributed by atoms with Crippen molar-refractivity contribution in [2.24, 2.45) is 0 Å². The summed E-state index contributed by atoms with van der Waals surface area (Å²) < 4.78 is 11.6. The molecule has 0 spiro atoms. The predicted octanol–water partition coefficient (Wildman–Crippen LogP) is 4.75. The van der Waals surface area contributed by atoms with Crippen LogP contribution in [-0.4, -0.2) is 35.5 Å². The number of hydrogen-bond donors (Lipinski definition) is 2. The third-order valence-electron chi connectivity index (χ3n) is 5.13. The fraction of sp³-hybridized carbons (Fsp3) is 0.409. The topological polar surface area (TPSA) is 63.4 Å². The van der Waals surface area contributed by atoms with Crippen LogP contribution in [0.1, 0.15) is 31.2 Å². The van der Waals surface area contributed by atoms with E-state index >= 15 is 0 Å². The first kappa shape index (κ1) is 19.0. The number of nitrogen functional groups attached to an aromatic ring is 1. The van der Waals surface area contributed by atoms with Crippen LogP contribution < -0.4 is 15.8 Å². The molecule has 2 aromatic carbocycles. The van der Waals surface area contributed by atoms with Gasteiger partial charge in [-0.2, -0.15) is 4.37 Å². The standard InChI is InChI=1S/C22H28N4OS/c23-18-8-9-20-21(15-18)28-25-22(20)24-10-5-13-27-19-7-4-6-17(14-19)16-26-11-2-1-3-12-26/h4,6-9,14-15H,1-3,5,10-13,16,23H2,(H,24,25). The summed E-state index contributed by atoms with van der Waals surface area (Å²) in [5, 5.41) is 4.54. The Morgan fingerprint density at radius 3 is 2.89 bits per heavy atom. The van der Waals surface area contributed by atoms with Crippen molar-refractivity contribution >= 4 is 33.1 Å². The molecule has 2 heterocycles. The number of rotatable bonds is 8. The molecule has 1 aromatic heterocycles. The lowest BCUT2D eigenvalue weighted by Gasteiger charge is -2.26. The molecule has 0 aliphatic carbocycles. The van der Waals surface area contributed by atoms with Crippen molar-refractivity contribution in [1.82, 2.24) is 9.27 Å². The minimum absolute atomic E-state index is 0.690. The molecule has 0 atom stereocenters. The van der Waals surface area contributed by atoms with Crippen LogP contribution in [0.5, 0.6) is 5.75 Å². The van der Waals surface area contributed by atoms with Crippen LogP contribution in [0.4, 0.5) is 11.5 Å². The van der Waals surface area contributed by atoms with Gasteiger partial charge >= 0.3 is 0 Å². The second-order valence-electron chi connectivity index (χ2n) is 7.40. The molecule has 148 valence electrons. The molecule has 1 aliphatic heterocycles. The zero-order valence-electron chi connectivity index (χ0n) is 16.2. The number of nitrogens with zero attached hydrogens (tertiary/aromatic N) is 2. The van der Waals surface area contributed by atoms with Crippen molar-refractivity contribution in [3.8, 4) is 5.75 Å². The molecular formula is C22H28N4OS. The molecule has 0 saturated carbocycles. The Labute approximate surface area is 170 Å². The normalized spacial score (nSPS) is 15.0. The number of fused-ring (bicyclic) bond motifs is 1. The van der Waals surface area contributed by atoms with Crippen LogP contribution in [0.25, 0.3) is 10.1 Å². The second-order valence-corrected chi connectivity index (χ2v) is 8.20. The number of piperidine rings is 1. The van der Waals surface area contributed by atoms with Crippen LogP contribution in [0.3, 0.4) is 0 Å². The van der Waals surface area contributed by atoms with E-state index in [0.717, 1.165) is 46.9 Å². The lowest BCUT2D eigenvalue weighted by atomic mass is 10.1. The maximum absolute atomic E-state index is 5.97. The largest absolute Gasteiger partial charge is 0.494 e. The monoisotopic (exact) mass is 396 g/mol. The molecule has 28 heavy (non-hydrogen) atoms. The van der Waals surface area contributed by atoms with Gasteiger partial charge in [-0.15, -0.1) is 0 Å². The van der Waals surface area contributed by atoms with Crippen LogP contribution >= 0.6 is 11.5 Å². The molecule has 4 rings (SSSR count). The van der Waals surface area contributed by atoms with Gasteiger partial charge in [-0.3, -0.25) is 4.90 Å². The van der Waals surface area contributed by atoms with E-state index in [1.807, 2.05) is 24.3 Å². The summed E-state index contributed by atoms with van der Waals surface area (Å²) in [5.74, 6) is 1.90. The quantitative estimate of drug-likeness (QED) is 0.425. The number of benzene rings is 2. The maximum atomic E-state index is 5.97. The van der Waals surface area contributed by atoms with Crippen LogP contribution in [0, 0.1) is 0 Å². The Kier molecular flexibility index (Phi) is 6.29. The van der Waals surface area contributed by atoms with Gasteiger partial charge in [0.1, 0.15) is 11.6 Å². The van der Waals surface area contributed by atoms with E-state index in [1.54, 1.807) is 0 Å². The number of likely N-dealkylation sites (tertiary alicyclic amines) is 1. The first-order chi connectivity index (χ1) is 13.8. The molecule has 3 N–H and O–H groups in total. The van der Waals surface area contributed by atoms with Gasteiger partial charge in [0.15, 0.2) is 0 Å². The third kappa shape index (κ3) is 4.94. The minimum Gasteiger partial charge on any atom is -0.494 e. The van der Waals surface area contributed by atoms with E-state index < -0.39 is 0 Å². The van der Waals surface area contributed by atoms with Gasteiger partial charge < -0.3 is 15.8 Å². The summed E-state index contributed by atoms with van der Waals surface area (Å²) >= 11 is 1.48. The average Bonchev–Trinajstić information content (AvgIpc) is 3.11. The molecule has 6 heteroatoms. The van der Waals surface area contributed by atoms with E-state index in [-0.39, 0.29) is 0 Å². The average molecular weight is 397 g/mol. The molecule has 0 bridgehead atoms. The SMILES string of the molecule is Nc1ccc2c(NCCCOc3cccc(CN4CCCCC4)c3)nsc2c1. The smallest absolute Gasteiger partial charge is 0.147 e. The summed E-state index contributed by atoms with van der Waals surface area (Å²) in [4.78, 5) is 2.54. The number of hydrogen-bond acceptors (Lipinski definition) is 6. The summed E-state index contributed by atoms with van der Waals surface area (Å²) in [7, 11) is 0. The van der Waals surface area contributed by atoms with Crippen molar-refractivity contribution in [1.29, 1.82) is 0 Å². The maximum Gasteiger partial charge on any atom is 0.147 e. The van der Waals surface area contributed by atoms with Crippen LogP contribution in [0.2, 0.25) is 0 Å². The molecular weight excluding hydrogens is 368 g/mol. The Morgan fingerprint density at radius 1 is 1.11 bits per heavy atom. The lowest BCUT2D eigenvalue weighted by Crippen LogP contribution is -2.29. The first-order valence-corrected chi connectivity index (χ1v) is 10.9. The van der Waals surface area contributed by atoms with Crippen LogP contribution in [0.15, 0.2) is 42.5 Å². The zero-order chi connectivity index (χ0) is 19.2. The van der Waals surface area contributed by atoms with Gasteiger partial charge in [-0.05, 0) is 79.8 Å². The highest BCUT2D eigenvalue weighted by atomic mass is 32.1.